The lowest BCUT2D eigenvalue weighted by atomic mass is 10.1. The lowest BCUT2D eigenvalue weighted by Crippen LogP contribution is -2.19. The molecule has 0 fully saturated rings. The van der Waals surface area contributed by atoms with Crippen molar-refractivity contribution >= 4 is 12.1 Å². The molecule has 26 heavy (non-hydrogen) atoms. The molecular weight excluding hydrogens is 336 g/mol. The van der Waals surface area contributed by atoms with Crippen LogP contribution in [0.2, 0.25) is 0 Å². The molecule has 1 N–H and O–H groups in total. The van der Waals surface area contributed by atoms with Crippen molar-refractivity contribution in [2.24, 2.45) is 5.10 Å². The van der Waals surface area contributed by atoms with Crippen molar-refractivity contribution in [2.75, 3.05) is 28.4 Å². The number of nitrogens with zero attached hydrogens (tertiary/aromatic N) is 1. The number of carbonyl (C=O) groups is 1. The lowest BCUT2D eigenvalue weighted by molar-refractivity contribution is -0.120. The Morgan fingerprint density at radius 3 is 2.35 bits per heavy atom. The molecule has 2 aromatic rings. The molecule has 0 atom stereocenters. The van der Waals surface area contributed by atoms with Gasteiger partial charge >= 0.3 is 0 Å². The van der Waals surface area contributed by atoms with Gasteiger partial charge in [-0.1, -0.05) is 12.1 Å². The highest BCUT2D eigenvalue weighted by atomic mass is 16.5. The number of amides is 1. The summed E-state index contributed by atoms with van der Waals surface area (Å²) < 4.78 is 21.0. The van der Waals surface area contributed by atoms with Crippen LogP contribution in [0.4, 0.5) is 0 Å². The molecule has 0 heterocycles. The number of methoxy groups -OCH3 is 4. The van der Waals surface area contributed by atoms with E-state index in [9.17, 15) is 4.79 Å². The summed E-state index contributed by atoms with van der Waals surface area (Å²) >= 11 is 0. The molecule has 0 aliphatic heterocycles. The summed E-state index contributed by atoms with van der Waals surface area (Å²) in [5.41, 5.74) is 3.98. The Hall–Kier alpha value is -3.22. The van der Waals surface area contributed by atoms with Crippen LogP contribution >= 0.6 is 0 Å². The average Bonchev–Trinajstić information content (AvgIpc) is 2.67. The number of hydrogen-bond donors (Lipinski definition) is 1. The van der Waals surface area contributed by atoms with Gasteiger partial charge in [-0.25, -0.2) is 5.43 Å². The topological polar surface area (TPSA) is 78.4 Å². The maximum absolute atomic E-state index is 12.1. The SMILES string of the molecule is COc1ccc(CC(=O)NN=Cc2cccc(OC)c2OC)cc1OC. The minimum absolute atomic E-state index is 0.160. The van der Waals surface area contributed by atoms with Gasteiger partial charge in [0.05, 0.1) is 41.1 Å². The van der Waals surface area contributed by atoms with Crippen molar-refractivity contribution < 1.29 is 23.7 Å². The van der Waals surface area contributed by atoms with Crippen LogP contribution in [0.3, 0.4) is 0 Å². The summed E-state index contributed by atoms with van der Waals surface area (Å²) in [4.78, 5) is 12.1. The molecule has 0 unspecified atom stereocenters. The van der Waals surface area contributed by atoms with E-state index in [4.69, 9.17) is 18.9 Å². The highest BCUT2D eigenvalue weighted by Gasteiger charge is 2.09. The van der Waals surface area contributed by atoms with Gasteiger partial charge in [-0.2, -0.15) is 5.10 Å². The lowest BCUT2D eigenvalue weighted by Gasteiger charge is -2.10. The average molecular weight is 358 g/mol. The zero-order chi connectivity index (χ0) is 18.9. The Balaban J connectivity index is 2.02. The molecule has 7 nitrogen and oxygen atoms in total. The molecule has 0 aromatic heterocycles. The first-order valence-corrected chi connectivity index (χ1v) is 7.86. The van der Waals surface area contributed by atoms with Crippen LogP contribution in [0.1, 0.15) is 11.1 Å². The predicted molar refractivity (Wildman–Crippen MR) is 98.5 cm³/mol. The van der Waals surface area contributed by atoms with Crippen LogP contribution in [-0.2, 0) is 11.2 Å². The van der Waals surface area contributed by atoms with Crippen LogP contribution in [0.5, 0.6) is 23.0 Å². The summed E-state index contributed by atoms with van der Waals surface area (Å²) in [6.45, 7) is 0. The van der Waals surface area contributed by atoms with Gasteiger partial charge in [0.25, 0.3) is 0 Å². The molecule has 0 saturated carbocycles. The monoisotopic (exact) mass is 358 g/mol. The van der Waals surface area contributed by atoms with E-state index in [0.717, 1.165) is 5.56 Å². The van der Waals surface area contributed by atoms with Gasteiger partial charge in [-0.3, -0.25) is 4.79 Å². The van der Waals surface area contributed by atoms with Crippen molar-refractivity contribution in [3.8, 4) is 23.0 Å². The number of benzene rings is 2. The smallest absolute Gasteiger partial charge is 0.244 e. The summed E-state index contributed by atoms with van der Waals surface area (Å²) in [5.74, 6) is 2.07. The number of rotatable bonds is 8. The Morgan fingerprint density at radius 2 is 1.69 bits per heavy atom. The number of para-hydroxylation sites is 1. The van der Waals surface area contributed by atoms with Crippen molar-refractivity contribution in [3.63, 3.8) is 0 Å². The predicted octanol–water partition coefficient (Wildman–Crippen LogP) is 2.41. The Bertz CT molecular complexity index is 789. The third-order valence-corrected chi connectivity index (χ3v) is 3.64. The fraction of sp³-hybridized carbons (Fsp3) is 0.263. The van der Waals surface area contributed by atoms with Crippen LogP contribution in [0.15, 0.2) is 41.5 Å². The van der Waals surface area contributed by atoms with Gasteiger partial charge in [-0.15, -0.1) is 0 Å². The van der Waals surface area contributed by atoms with Crippen LogP contribution in [0.25, 0.3) is 0 Å². The number of carbonyl (C=O) groups excluding carboxylic acids is 1. The molecule has 7 heteroatoms. The number of hydrazone groups is 1. The van der Waals surface area contributed by atoms with Gasteiger partial charge in [0, 0.05) is 5.56 Å². The standard InChI is InChI=1S/C19H22N2O5/c1-23-15-9-8-13(10-17(15)25-3)11-18(22)21-20-12-14-6-5-7-16(24-2)19(14)26-4/h5-10,12H,11H2,1-4H3,(H,21,22). The van der Waals surface area contributed by atoms with Gasteiger partial charge in [0.1, 0.15) is 0 Å². The maximum Gasteiger partial charge on any atom is 0.244 e. The molecule has 0 aliphatic carbocycles. The molecular formula is C19H22N2O5. The van der Waals surface area contributed by atoms with E-state index in [-0.39, 0.29) is 12.3 Å². The number of hydrogen-bond acceptors (Lipinski definition) is 6. The Kier molecular flexibility index (Phi) is 6.84. The molecule has 0 bridgehead atoms. The molecule has 1 amide bonds. The molecule has 0 radical (unpaired) electrons. The first-order chi connectivity index (χ1) is 12.6. The molecule has 0 saturated heterocycles. The number of ether oxygens (including phenoxy) is 4. The zero-order valence-corrected chi connectivity index (χ0v) is 15.2. The largest absolute Gasteiger partial charge is 0.493 e. The van der Waals surface area contributed by atoms with Crippen LogP contribution < -0.4 is 24.4 Å². The molecule has 0 spiro atoms. The third kappa shape index (κ3) is 4.66. The van der Waals surface area contributed by atoms with E-state index < -0.39 is 0 Å². The second-order valence-corrected chi connectivity index (χ2v) is 5.24. The molecule has 0 aliphatic rings. The maximum atomic E-state index is 12.1. The van der Waals surface area contributed by atoms with Crippen LogP contribution in [-0.4, -0.2) is 40.6 Å². The van der Waals surface area contributed by atoms with E-state index in [1.807, 2.05) is 12.1 Å². The van der Waals surface area contributed by atoms with Gasteiger partial charge in [0.2, 0.25) is 5.91 Å². The minimum atomic E-state index is -0.254. The first-order valence-electron chi connectivity index (χ1n) is 7.86. The second kappa shape index (κ2) is 9.31. The van der Waals surface area contributed by atoms with Crippen molar-refractivity contribution in [1.82, 2.24) is 5.43 Å². The molecule has 138 valence electrons. The third-order valence-electron chi connectivity index (χ3n) is 3.64. The van der Waals surface area contributed by atoms with E-state index in [2.05, 4.69) is 10.5 Å². The van der Waals surface area contributed by atoms with Gasteiger partial charge in [-0.05, 0) is 29.8 Å². The normalized spacial score (nSPS) is 10.5. The minimum Gasteiger partial charge on any atom is -0.493 e. The van der Waals surface area contributed by atoms with E-state index in [1.165, 1.54) is 6.21 Å². The van der Waals surface area contributed by atoms with Crippen LogP contribution in [0, 0.1) is 0 Å². The van der Waals surface area contributed by atoms with Crippen molar-refractivity contribution in [1.29, 1.82) is 0 Å². The fourth-order valence-corrected chi connectivity index (χ4v) is 2.40. The van der Waals surface area contributed by atoms with E-state index >= 15 is 0 Å². The summed E-state index contributed by atoms with van der Waals surface area (Å²) in [6, 6.07) is 10.7. The van der Waals surface area contributed by atoms with Crippen molar-refractivity contribution in [3.05, 3.63) is 47.5 Å². The zero-order valence-electron chi connectivity index (χ0n) is 15.2. The van der Waals surface area contributed by atoms with Crippen molar-refractivity contribution in [2.45, 2.75) is 6.42 Å². The summed E-state index contributed by atoms with van der Waals surface area (Å²) in [7, 11) is 6.22. The summed E-state index contributed by atoms with van der Waals surface area (Å²) in [5, 5.41) is 3.98. The summed E-state index contributed by atoms with van der Waals surface area (Å²) in [6.07, 6.45) is 1.67. The van der Waals surface area contributed by atoms with E-state index in [1.54, 1.807) is 52.7 Å². The molecule has 2 aromatic carbocycles. The van der Waals surface area contributed by atoms with Gasteiger partial charge < -0.3 is 18.9 Å². The van der Waals surface area contributed by atoms with Gasteiger partial charge in [0.15, 0.2) is 23.0 Å². The molecule has 2 rings (SSSR count). The fourth-order valence-electron chi connectivity index (χ4n) is 2.40. The second-order valence-electron chi connectivity index (χ2n) is 5.24. The highest BCUT2D eigenvalue weighted by Crippen LogP contribution is 2.29. The Labute approximate surface area is 152 Å². The quantitative estimate of drug-likeness (QED) is 0.579. The first kappa shape index (κ1) is 19.1. The van der Waals surface area contributed by atoms with E-state index in [0.29, 0.717) is 28.6 Å². The highest BCUT2D eigenvalue weighted by molar-refractivity contribution is 5.86. The Morgan fingerprint density at radius 1 is 0.962 bits per heavy atom. The number of nitrogens with one attached hydrogen (secondary N) is 1.